The van der Waals surface area contributed by atoms with Gasteiger partial charge in [0.25, 0.3) is 0 Å². The minimum absolute atomic E-state index is 0.135. The molecule has 0 fully saturated rings. The lowest BCUT2D eigenvalue weighted by atomic mass is 9.95. The SMILES string of the molecule is COc1ccc(F)cc1C(C)CCC#N. The van der Waals surface area contributed by atoms with E-state index in [1.165, 1.54) is 12.1 Å². The quantitative estimate of drug-likeness (QED) is 0.759. The van der Waals surface area contributed by atoms with E-state index in [1.807, 2.05) is 6.92 Å². The van der Waals surface area contributed by atoms with Crippen molar-refractivity contribution >= 4 is 0 Å². The Balaban J connectivity index is 2.90. The molecule has 80 valence electrons. The lowest BCUT2D eigenvalue weighted by Crippen LogP contribution is -1.98. The summed E-state index contributed by atoms with van der Waals surface area (Å²) in [6.07, 6.45) is 1.19. The van der Waals surface area contributed by atoms with E-state index in [-0.39, 0.29) is 11.7 Å². The van der Waals surface area contributed by atoms with Crippen LogP contribution in [0, 0.1) is 17.1 Å². The van der Waals surface area contributed by atoms with Crippen molar-refractivity contribution in [3.8, 4) is 11.8 Å². The zero-order chi connectivity index (χ0) is 11.3. The Morgan fingerprint density at radius 1 is 1.53 bits per heavy atom. The molecule has 3 heteroatoms. The molecule has 1 rings (SSSR count). The summed E-state index contributed by atoms with van der Waals surface area (Å²) in [5.74, 6) is 0.548. The standard InChI is InChI=1S/C12H14FNO/c1-9(4-3-7-14)11-8-10(13)5-6-12(11)15-2/h5-6,8-9H,3-4H2,1-2H3. The number of halogens is 1. The normalized spacial score (nSPS) is 11.9. The van der Waals surface area contributed by atoms with E-state index in [4.69, 9.17) is 10.00 Å². The van der Waals surface area contributed by atoms with Crippen molar-refractivity contribution in [1.29, 1.82) is 5.26 Å². The zero-order valence-electron chi connectivity index (χ0n) is 8.96. The summed E-state index contributed by atoms with van der Waals surface area (Å²) in [5.41, 5.74) is 0.827. The largest absolute Gasteiger partial charge is 0.496 e. The van der Waals surface area contributed by atoms with Crippen LogP contribution in [0.4, 0.5) is 4.39 Å². The number of hydrogen-bond acceptors (Lipinski definition) is 2. The van der Waals surface area contributed by atoms with E-state index in [0.717, 1.165) is 12.0 Å². The first-order valence-corrected chi connectivity index (χ1v) is 4.89. The van der Waals surface area contributed by atoms with Crippen molar-refractivity contribution in [3.05, 3.63) is 29.6 Å². The summed E-state index contributed by atoms with van der Waals surface area (Å²) in [7, 11) is 1.56. The van der Waals surface area contributed by atoms with Gasteiger partial charge in [-0.15, -0.1) is 0 Å². The van der Waals surface area contributed by atoms with Gasteiger partial charge in [-0.25, -0.2) is 4.39 Å². The summed E-state index contributed by atoms with van der Waals surface area (Å²) in [5, 5.41) is 8.49. The Bertz CT molecular complexity index is 370. The molecule has 1 atom stereocenters. The molecule has 0 aliphatic heterocycles. The molecule has 0 N–H and O–H groups in total. The summed E-state index contributed by atoms with van der Waals surface area (Å²) >= 11 is 0. The molecule has 1 aromatic rings. The van der Waals surface area contributed by atoms with Crippen LogP contribution in [0.25, 0.3) is 0 Å². The van der Waals surface area contributed by atoms with Crippen molar-refractivity contribution in [2.75, 3.05) is 7.11 Å². The molecule has 0 aliphatic rings. The first-order valence-electron chi connectivity index (χ1n) is 4.89. The van der Waals surface area contributed by atoms with Crippen LogP contribution in [0.1, 0.15) is 31.2 Å². The molecular formula is C12H14FNO. The van der Waals surface area contributed by atoms with E-state index >= 15 is 0 Å². The first-order chi connectivity index (χ1) is 7.19. The second-order valence-electron chi connectivity index (χ2n) is 3.48. The van der Waals surface area contributed by atoms with Crippen molar-refractivity contribution in [2.45, 2.75) is 25.7 Å². The van der Waals surface area contributed by atoms with Crippen LogP contribution in [0.3, 0.4) is 0 Å². The van der Waals surface area contributed by atoms with E-state index in [1.54, 1.807) is 13.2 Å². The predicted molar refractivity (Wildman–Crippen MR) is 56.2 cm³/mol. The van der Waals surface area contributed by atoms with Gasteiger partial charge in [0.05, 0.1) is 13.2 Å². The number of nitrogens with zero attached hydrogens (tertiary/aromatic N) is 1. The molecule has 2 nitrogen and oxygen atoms in total. The van der Waals surface area contributed by atoms with Crippen molar-refractivity contribution < 1.29 is 9.13 Å². The molecule has 0 saturated carbocycles. The van der Waals surface area contributed by atoms with E-state index in [0.29, 0.717) is 12.2 Å². The Morgan fingerprint density at radius 2 is 2.27 bits per heavy atom. The lowest BCUT2D eigenvalue weighted by Gasteiger charge is -2.14. The molecule has 0 radical (unpaired) electrons. The monoisotopic (exact) mass is 207 g/mol. The summed E-state index contributed by atoms with van der Waals surface area (Å²) in [4.78, 5) is 0. The highest BCUT2D eigenvalue weighted by atomic mass is 19.1. The Labute approximate surface area is 89.3 Å². The number of ether oxygens (including phenoxy) is 1. The zero-order valence-corrected chi connectivity index (χ0v) is 8.96. The molecule has 0 aliphatic carbocycles. The van der Waals surface area contributed by atoms with Crippen molar-refractivity contribution in [2.24, 2.45) is 0 Å². The van der Waals surface area contributed by atoms with E-state index in [2.05, 4.69) is 6.07 Å². The number of rotatable bonds is 4. The molecule has 0 aromatic heterocycles. The fraction of sp³-hybridized carbons (Fsp3) is 0.417. The van der Waals surface area contributed by atoms with Gasteiger partial charge in [0.2, 0.25) is 0 Å². The van der Waals surface area contributed by atoms with Crippen LogP contribution >= 0.6 is 0 Å². The number of hydrogen-bond donors (Lipinski definition) is 0. The highest BCUT2D eigenvalue weighted by molar-refractivity contribution is 5.36. The third kappa shape index (κ3) is 2.95. The topological polar surface area (TPSA) is 33.0 Å². The second-order valence-corrected chi connectivity index (χ2v) is 3.48. The second kappa shape index (κ2) is 5.35. The van der Waals surface area contributed by atoms with Crippen molar-refractivity contribution in [3.63, 3.8) is 0 Å². The Kier molecular flexibility index (Phi) is 4.11. The molecule has 1 aromatic carbocycles. The van der Waals surface area contributed by atoms with Gasteiger partial charge in [0, 0.05) is 6.42 Å². The molecule has 0 heterocycles. The molecule has 0 spiro atoms. The highest BCUT2D eigenvalue weighted by Crippen LogP contribution is 2.29. The maximum atomic E-state index is 13.0. The van der Waals surface area contributed by atoms with Crippen LogP contribution in [-0.4, -0.2) is 7.11 Å². The third-order valence-corrected chi connectivity index (χ3v) is 2.41. The lowest BCUT2D eigenvalue weighted by molar-refractivity contribution is 0.404. The van der Waals surface area contributed by atoms with Crippen LogP contribution in [0.5, 0.6) is 5.75 Å². The Hall–Kier alpha value is -1.56. The molecule has 0 saturated heterocycles. The van der Waals surface area contributed by atoms with Gasteiger partial charge in [-0.1, -0.05) is 6.92 Å². The number of nitriles is 1. The van der Waals surface area contributed by atoms with Gasteiger partial charge in [-0.2, -0.15) is 5.26 Å². The number of benzene rings is 1. The maximum absolute atomic E-state index is 13.0. The molecule has 1 unspecified atom stereocenters. The van der Waals surface area contributed by atoms with Crippen LogP contribution < -0.4 is 4.74 Å². The summed E-state index contributed by atoms with van der Waals surface area (Å²) in [6, 6.07) is 6.55. The van der Waals surface area contributed by atoms with E-state index in [9.17, 15) is 4.39 Å². The minimum atomic E-state index is -0.269. The molecular weight excluding hydrogens is 193 g/mol. The summed E-state index contributed by atoms with van der Waals surface area (Å²) in [6.45, 7) is 1.97. The van der Waals surface area contributed by atoms with Gasteiger partial charge in [0.1, 0.15) is 11.6 Å². The van der Waals surface area contributed by atoms with Gasteiger partial charge in [0.15, 0.2) is 0 Å². The fourth-order valence-corrected chi connectivity index (χ4v) is 1.53. The molecule has 0 bridgehead atoms. The average Bonchev–Trinajstić information content (AvgIpc) is 2.25. The van der Waals surface area contributed by atoms with Gasteiger partial charge < -0.3 is 4.74 Å². The minimum Gasteiger partial charge on any atom is -0.496 e. The molecule has 0 amide bonds. The highest BCUT2D eigenvalue weighted by Gasteiger charge is 2.12. The van der Waals surface area contributed by atoms with Crippen molar-refractivity contribution in [1.82, 2.24) is 0 Å². The van der Waals surface area contributed by atoms with Crippen LogP contribution in [0.15, 0.2) is 18.2 Å². The Morgan fingerprint density at radius 3 is 2.87 bits per heavy atom. The predicted octanol–water partition coefficient (Wildman–Crippen LogP) is 3.24. The first kappa shape index (κ1) is 11.5. The van der Waals surface area contributed by atoms with Gasteiger partial charge in [-0.3, -0.25) is 0 Å². The summed E-state index contributed by atoms with van der Waals surface area (Å²) < 4.78 is 18.2. The van der Waals surface area contributed by atoms with Gasteiger partial charge in [-0.05, 0) is 36.1 Å². The number of methoxy groups -OCH3 is 1. The van der Waals surface area contributed by atoms with Gasteiger partial charge >= 0.3 is 0 Å². The average molecular weight is 207 g/mol. The van der Waals surface area contributed by atoms with Crippen LogP contribution in [0.2, 0.25) is 0 Å². The fourth-order valence-electron chi connectivity index (χ4n) is 1.53. The maximum Gasteiger partial charge on any atom is 0.123 e. The van der Waals surface area contributed by atoms with E-state index < -0.39 is 0 Å². The smallest absolute Gasteiger partial charge is 0.123 e. The molecule has 15 heavy (non-hydrogen) atoms. The third-order valence-electron chi connectivity index (χ3n) is 2.41. The van der Waals surface area contributed by atoms with Crippen LogP contribution in [-0.2, 0) is 0 Å².